The minimum absolute atomic E-state index is 0.0747. The molecule has 1 amide bonds. The monoisotopic (exact) mass is 314 g/mol. The van der Waals surface area contributed by atoms with Gasteiger partial charge < -0.3 is 15.5 Å². The maximum Gasteiger partial charge on any atom is 0.263 e. The predicted molar refractivity (Wildman–Crippen MR) is 95.4 cm³/mol. The van der Waals surface area contributed by atoms with Gasteiger partial charge in [-0.2, -0.15) is 5.26 Å². The second kappa shape index (κ2) is 9.52. The third-order valence-electron chi connectivity index (χ3n) is 3.61. The number of nitrogens with one attached hydrogen (secondary N) is 2. The van der Waals surface area contributed by atoms with Crippen molar-refractivity contribution in [2.45, 2.75) is 34.1 Å². The van der Waals surface area contributed by atoms with E-state index in [1.54, 1.807) is 0 Å². The third-order valence-corrected chi connectivity index (χ3v) is 3.61. The highest BCUT2D eigenvalue weighted by atomic mass is 16.1. The van der Waals surface area contributed by atoms with Crippen LogP contribution in [0.2, 0.25) is 0 Å². The molecule has 0 spiro atoms. The number of aryl methyl sites for hydroxylation is 1. The summed E-state index contributed by atoms with van der Waals surface area (Å²) in [6.07, 6.45) is 2.30. The molecule has 0 bridgehead atoms. The molecule has 0 fully saturated rings. The lowest BCUT2D eigenvalue weighted by molar-refractivity contribution is -0.117. The number of amides is 1. The first-order chi connectivity index (χ1) is 11.1. The summed E-state index contributed by atoms with van der Waals surface area (Å²) in [4.78, 5) is 14.1. The SMILES string of the molecule is CCCNC(=O)/C(C#N)=C\Nc1ccc(N(CC)CC)cc1C. The molecule has 2 N–H and O–H groups in total. The first kappa shape index (κ1) is 18.6. The number of benzene rings is 1. The first-order valence-electron chi connectivity index (χ1n) is 8.07. The third kappa shape index (κ3) is 5.33. The van der Waals surface area contributed by atoms with Crippen LogP contribution in [0.15, 0.2) is 30.0 Å². The van der Waals surface area contributed by atoms with E-state index in [1.807, 2.05) is 32.0 Å². The van der Waals surface area contributed by atoms with E-state index >= 15 is 0 Å². The lowest BCUT2D eigenvalue weighted by atomic mass is 10.1. The number of rotatable bonds is 8. The summed E-state index contributed by atoms with van der Waals surface area (Å²) < 4.78 is 0. The Kier molecular flexibility index (Phi) is 7.69. The number of nitriles is 1. The molecule has 0 heterocycles. The van der Waals surface area contributed by atoms with Crippen LogP contribution in [0.3, 0.4) is 0 Å². The van der Waals surface area contributed by atoms with Gasteiger partial charge in [-0.05, 0) is 51.0 Å². The van der Waals surface area contributed by atoms with Crippen LogP contribution in [0.25, 0.3) is 0 Å². The van der Waals surface area contributed by atoms with Gasteiger partial charge in [-0.15, -0.1) is 0 Å². The maximum atomic E-state index is 11.8. The van der Waals surface area contributed by atoms with Gasteiger partial charge in [0.05, 0.1) is 0 Å². The molecule has 0 aliphatic rings. The Bertz CT molecular complexity index is 598. The van der Waals surface area contributed by atoms with Crippen molar-refractivity contribution < 1.29 is 4.79 Å². The molecule has 0 aromatic heterocycles. The quantitative estimate of drug-likeness (QED) is 0.571. The minimum Gasteiger partial charge on any atom is -0.372 e. The fourth-order valence-electron chi connectivity index (χ4n) is 2.23. The van der Waals surface area contributed by atoms with E-state index in [2.05, 4.69) is 35.4 Å². The second-order valence-electron chi connectivity index (χ2n) is 5.24. The van der Waals surface area contributed by atoms with E-state index in [-0.39, 0.29) is 11.5 Å². The molecule has 0 unspecified atom stereocenters. The Morgan fingerprint density at radius 2 is 2.00 bits per heavy atom. The molecule has 1 aromatic carbocycles. The Labute approximate surface area is 139 Å². The van der Waals surface area contributed by atoms with Gasteiger partial charge in [0.15, 0.2) is 0 Å². The normalized spacial score (nSPS) is 10.8. The molecule has 124 valence electrons. The summed E-state index contributed by atoms with van der Waals surface area (Å²) in [5.74, 6) is -0.348. The van der Waals surface area contributed by atoms with Crippen LogP contribution in [0.4, 0.5) is 11.4 Å². The molecule has 0 saturated carbocycles. The van der Waals surface area contributed by atoms with Crippen molar-refractivity contribution in [2.24, 2.45) is 0 Å². The van der Waals surface area contributed by atoms with E-state index in [0.717, 1.165) is 30.8 Å². The van der Waals surface area contributed by atoms with Gasteiger partial charge >= 0.3 is 0 Å². The van der Waals surface area contributed by atoms with Crippen LogP contribution in [0, 0.1) is 18.3 Å². The van der Waals surface area contributed by atoms with Crippen LogP contribution in [-0.4, -0.2) is 25.5 Å². The molecule has 5 heteroatoms. The van der Waals surface area contributed by atoms with Crippen molar-refractivity contribution in [1.82, 2.24) is 5.32 Å². The van der Waals surface area contributed by atoms with Crippen LogP contribution >= 0.6 is 0 Å². The Hall–Kier alpha value is -2.48. The zero-order chi connectivity index (χ0) is 17.2. The Morgan fingerprint density at radius 3 is 2.52 bits per heavy atom. The van der Waals surface area contributed by atoms with Crippen LogP contribution in [-0.2, 0) is 4.79 Å². The van der Waals surface area contributed by atoms with Crippen molar-refractivity contribution in [2.75, 3.05) is 29.9 Å². The molecule has 0 aliphatic heterocycles. The summed E-state index contributed by atoms with van der Waals surface area (Å²) in [5, 5.41) is 14.9. The molecule has 1 aromatic rings. The number of hydrogen-bond acceptors (Lipinski definition) is 4. The van der Waals surface area contributed by atoms with Gasteiger partial charge in [-0.25, -0.2) is 0 Å². The molecular weight excluding hydrogens is 288 g/mol. The number of carbonyl (C=O) groups is 1. The highest BCUT2D eigenvalue weighted by Gasteiger charge is 2.08. The van der Waals surface area contributed by atoms with Crippen LogP contribution in [0.1, 0.15) is 32.8 Å². The number of nitrogens with zero attached hydrogens (tertiary/aromatic N) is 2. The fourth-order valence-corrected chi connectivity index (χ4v) is 2.23. The van der Waals surface area contributed by atoms with Gasteiger partial charge in [0.1, 0.15) is 11.6 Å². The Balaban J connectivity index is 2.86. The summed E-state index contributed by atoms with van der Waals surface area (Å²) >= 11 is 0. The van der Waals surface area contributed by atoms with Crippen molar-refractivity contribution in [3.63, 3.8) is 0 Å². The molecule has 23 heavy (non-hydrogen) atoms. The van der Waals surface area contributed by atoms with Crippen LogP contribution in [0.5, 0.6) is 0 Å². The molecular formula is C18H26N4O. The summed E-state index contributed by atoms with van der Waals surface area (Å²) in [6, 6.07) is 8.04. The maximum absolute atomic E-state index is 11.8. The van der Waals surface area contributed by atoms with Gasteiger partial charge in [0, 0.05) is 37.2 Å². The second-order valence-corrected chi connectivity index (χ2v) is 5.24. The zero-order valence-electron chi connectivity index (χ0n) is 14.4. The lowest BCUT2D eigenvalue weighted by Crippen LogP contribution is -2.25. The van der Waals surface area contributed by atoms with Crippen molar-refractivity contribution in [3.8, 4) is 6.07 Å². The van der Waals surface area contributed by atoms with Crippen molar-refractivity contribution in [3.05, 3.63) is 35.5 Å². The van der Waals surface area contributed by atoms with Crippen molar-refractivity contribution in [1.29, 1.82) is 5.26 Å². The summed E-state index contributed by atoms with van der Waals surface area (Å²) in [7, 11) is 0. The van der Waals surface area contributed by atoms with E-state index in [1.165, 1.54) is 11.9 Å². The topological polar surface area (TPSA) is 68.2 Å². The first-order valence-corrected chi connectivity index (χ1v) is 8.07. The smallest absolute Gasteiger partial charge is 0.263 e. The number of carbonyl (C=O) groups excluding carboxylic acids is 1. The molecule has 0 atom stereocenters. The lowest BCUT2D eigenvalue weighted by Gasteiger charge is -2.22. The highest BCUT2D eigenvalue weighted by Crippen LogP contribution is 2.22. The Morgan fingerprint density at radius 1 is 1.30 bits per heavy atom. The minimum atomic E-state index is -0.348. The average molecular weight is 314 g/mol. The molecule has 0 aliphatic carbocycles. The van der Waals surface area contributed by atoms with E-state index in [4.69, 9.17) is 5.26 Å². The van der Waals surface area contributed by atoms with Crippen LogP contribution < -0.4 is 15.5 Å². The molecule has 0 saturated heterocycles. The molecule has 5 nitrogen and oxygen atoms in total. The zero-order valence-corrected chi connectivity index (χ0v) is 14.4. The average Bonchev–Trinajstić information content (AvgIpc) is 2.56. The van der Waals surface area contributed by atoms with Crippen molar-refractivity contribution >= 4 is 17.3 Å². The van der Waals surface area contributed by atoms with Gasteiger partial charge in [0.2, 0.25) is 0 Å². The standard InChI is InChI=1S/C18H26N4O/c1-5-10-20-18(23)15(12-19)13-21-17-9-8-16(11-14(17)4)22(6-2)7-3/h8-9,11,13,21H,5-7,10H2,1-4H3,(H,20,23)/b15-13-. The summed E-state index contributed by atoms with van der Waals surface area (Å²) in [6.45, 7) is 10.7. The highest BCUT2D eigenvalue weighted by molar-refractivity contribution is 5.97. The van der Waals surface area contributed by atoms with Gasteiger partial charge in [-0.1, -0.05) is 6.92 Å². The van der Waals surface area contributed by atoms with Gasteiger partial charge in [0.25, 0.3) is 5.91 Å². The predicted octanol–water partition coefficient (Wildman–Crippen LogP) is 3.19. The summed E-state index contributed by atoms with van der Waals surface area (Å²) in [5.41, 5.74) is 3.20. The largest absolute Gasteiger partial charge is 0.372 e. The molecule has 1 rings (SSSR count). The van der Waals surface area contributed by atoms with E-state index in [0.29, 0.717) is 6.54 Å². The van der Waals surface area contributed by atoms with E-state index in [9.17, 15) is 4.79 Å². The fraction of sp³-hybridized carbons (Fsp3) is 0.444. The number of anilines is 2. The number of hydrogen-bond donors (Lipinski definition) is 2. The van der Waals surface area contributed by atoms with Gasteiger partial charge in [-0.3, -0.25) is 4.79 Å². The van der Waals surface area contributed by atoms with E-state index < -0.39 is 0 Å². The molecule has 0 radical (unpaired) electrons.